The van der Waals surface area contributed by atoms with E-state index in [-0.39, 0.29) is 11.7 Å². The molecule has 1 aromatic carbocycles. The summed E-state index contributed by atoms with van der Waals surface area (Å²) in [5.41, 5.74) is 1.52. The number of carbonyl (C=O) groups is 1. The quantitative estimate of drug-likeness (QED) is 0.834. The SMILES string of the molecule is COCC1(C(=O)NCCc2ccc(F)cc2C)CCNC1. The van der Waals surface area contributed by atoms with Crippen LogP contribution in [0, 0.1) is 18.2 Å². The average molecular weight is 294 g/mol. The van der Waals surface area contributed by atoms with Gasteiger partial charge >= 0.3 is 0 Å². The Labute approximate surface area is 125 Å². The van der Waals surface area contributed by atoms with E-state index >= 15 is 0 Å². The average Bonchev–Trinajstić information content (AvgIpc) is 2.91. The molecule has 1 fully saturated rings. The van der Waals surface area contributed by atoms with Crippen LogP contribution < -0.4 is 10.6 Å². The molecule has 0 radical (unpaired) electrons. The Bertz CT molecular complexity index is 499. The largest absolute Gasteiger partial charge is 0.384 e. The number of nitrogens with one attached hydrogen (secondary N) is 2. The second-order valence-corrected chi connectivity index (χ2v) is 5.72. The fraction of sp³-hybridized carbons (Fsp3) is 0.562. The van der Waals surface area contributed by atoms with Crippen LogP contribution in [-0.4, -0.2) is 39.3 Å². The maximum atomic E-state index is 13.0. The standard InChI is InChI=1S/C16H23FN2O2/c1-12-9-14(17)4-3-13(12)5-7-19-15(20)16(11-21-2)6-8-18-10-16/h3-4,9,18H,5-8,10-11H2,1-2H3,(H,19,20). The normalized spacial score (nSPS) is 21.5. The molecule has 1 aliphatic rings. The molecule has 0 saturated carbocycles. The number of hydrogen-bond acceptors (Lipinski definition) is 3. The van der Waals surface area contributed by atoms with E-state index in [0.29, 0.717) is 26.1 Å². The lowest BCUT2D eigenvalue weighted by molar-refractivity contribution is -0.132. The number of methoxy groups -OCH3 is 1. The van der Waals surface area contributed by atoms with Gasteiger partial charge in [-0.2, -0.15) is 0 Å². The van der Waals surface area contributed by atoms with Crippen LogP contribution in [-0.2, 0) is 16.0 Å². The molecular weight excluding hydrogens is 271 g/mol. The van der Waals surface area contributed by atoms with E-state index in [1.165, 1.54) is 12.1 Å². The highest BCUT2D eigenvalue weighted by molar-refractivity contribution is 5.83. The number of amides is 1. The van der Waals surface area contributed by atoms with Crippen molar-refractivity contribution in [3.8, 4) is 0 Å². The van der Waals surface area contributed by atoms with Gasteiger partial charge in [0.15, 0.2) is 0 Å². The molecule has 2 rings (SSSR count). The van der Waals surface area contributed by atoms with Crippen molar-refractivity contribution in [3.63, 3.8) is 0 Å². The zero-order valence-electron chi connectivity index (χ0n) is 12.7. The van der Waals surface area contributed by atoms with Crippen LogP contribution in [0.4, 0.5) is 4.39 Å². The van der Waals surface area contributed by atoms with Crippen LogP contribution in [0.15, 0.2) is 18.2 Å². The molecule has 1 heterocycles. The number of halogens is 1. The van der Waals surface area contributed by atoms with Gasteiger partial charge in [0.05, 0.1) is 12.0 Å². The highest BCUT2D eigenvalue weighted by atomic mass is 19.1. The number of benzene rings is 1. The number of carbonyl (C=O) groups excluding carboxylic acids is 1. The summed E-state index contributed by atoms with van der Waals surface area (Å²) < 4.78 is 18.3. The number of hydrogen-bond donors (Lipinski definition) is 2. The van der Waals surface area contributed by atoms with Crippen LogP contribution in [0.5, 0.6) is 0 Å². The van der Waals surface area contributed by atoms with Crippen molar-refractivity contribution in [1.82, 2.24) is 10.6 Å². The molecule has 116 valence electrons. The summed E-state index contributed by atoms with van der Waals surface area (Å²) >= 11 is 0. The molecule has 1 saturated heterocycles. The Morgan fingerprint density at radius 1 is 1.52 bits per heavy atom. The van der Waals surface area contributed by atoms with Crippen LogP contribution in [0.3, 0.4) is 0 Å². The summed E-state index contributed by atoms with van der Waals surface area (Å²) in [7, 11) is 1.62. The molecule has 1 unspecified atom stereocenters. The van der Waals surface area contributed by atoms with E-state index in [2.05, 4.69) is 10.6 Å². The molecule has 4 nitrogen and oxygen atoms in total. The lowest BCUT2D eigenvalue weighted by Crippen LogP contribution is -2.46. The van der Waals surface area contributed by atoms with E-state index in [1.54, 1.807) is 13.2 Å². The van der Waals surface area contributed by atoms with Crippen molar-refractivity contribution < 1.29 is 13.9 Å². The van der Waals surface area contributed by atoms with Gasteiger partial charge in [-0.25, -0.2) is 4.39 Å². The van der Waals surface area contributed by atoms with Gasteiger partial charge in [-0.1, -0.05) is 6.07 Å². The van der Waals surface area contributed by atoms with Gasteiger partial charge < -0.3 is 15.4 Å². The topological polar surface area (TPSA) is 50.4 Å². The van der Waals surface area contributed by atoms with Crippen LogP contribution >= 0.6 is 0 Å². The van der Waals surface area contributed by atoms with Crippen molar-refractivity contribution in [3.05, 3.63) is 35.1 Å². The monoisotopic (exact) mass is 294 g/mol. The van der Waals surface area contributed by atoms with Gasteiger partial charge in [-0.05, 0) is 49.6 Å². The molecule has 0 aromatic heterocycles. The second kappa shape index (κ2) is 7.00. The van der Waals surface area contributed by atoms with Gasteiger partial charge in [0.1, 0.15) is 5.82 Å². The van der Waals surface area contributed by atoms with E-state index in [1.807, 2.05) is 6.92 Å². The minimum absolute atomic E-state index is 0.0362. The molecule has 2 N–H and O–H groups in total. The highest BCUT2D eigenvalue weighted by Gasteiger charge is 2.41. The third kappa shape index (κ3) is 3.80. The maximum Gasteiger partial charge on any atom is 0.229 e. The van der Waals surface area contributed by atoms with Crippen molar-refractivity contribution in [2.24, 2.45) is 5.41 Å². The van der Waals surface area contributed by atoms with E-state index in [9.17, 15) is 9.18 Å². The summed E-state index contributed by atoms with van der Waals surface area (Å²) in [6.45, 7) is 4.36. The third-order valence-electron chi connectivity index (χ3n) is 4.13. The molecule has 0 spiro atoms. The number of ether oxygens (including phenoxy) is 1. The molecule has 0 aliphatic carbocycles. The Balaban J connectivity index is 1.88. The van der Waals surface area contributed by atoms with Gasteiger partial charge in [-0.3, -0.25) is 4.79 Å². The van der Waals surface area contributed by atoms with Crippen LogP contribution in [0.1, 0.15) is 17.5 Å². The minimum atomic E-state index is -0.452. The fourth-order valence-corrected chi connectivity index (χ4v) is 2.84. The Kier molecular flexibility index (Phi) is 5.31. The maximum absolute atomic E-state index is 13.0. The van der Waals surface area contributed by atoms with Gasteiger partial charge in [-0.15, -0.1) is 0 Å². The first kappa shape index (κ1) is 15.9. The first-order valence-electron chi connectivity index (χ1n) is 7.30. The molecule has 0 bridgehead atoms. The predicted octanol–water partition coefficient (Wildman–Crippen LogP) is 1.42. The lowest BCUT2D eigenvalue weighted by atomic mass is 9.87. The molecular formula is C16H23FN2O2. The lowest BCUT2D eigenvalue weighted by Gasteiger charge is -2.26. The first-order valence-corrected chi connectivity index (χ1v) is 7.30. The first-order chi connectivity index (χ1) is 10.1. The fourth-order valence-electron chi connectivity index (χ4n) is 2.84. The zero-order chi connectivity index (χ0) is 15.3. The Morgan fingerprint density at radius 3 is 2.95 bits per heavy atom. The third-order valence-corrected chi connectivity index (χ3v) is 4.13. The minimum Gasteiger partial charge on any atom is -0.384 e. The second-order valence-electron chi connectivity index (χ2n) is 5.72. The van der Waals surface area contributed by atoms with E-state index < -0.39 is 5.41 Å². The summed E-state index contributed by atoms with van der Waals surface area (Å²) in [4.78, 5) is 12.4. The zero-order valence-corrected chi connectivity index (χ0v) is 12.7. The summed E-state index contributed by atoms with van der Waals surface area (Å²) in [6.07, 6.45) is 1.50. The molecule has 21 heavy (non-hydrogen) atoms. The van der Waals surface area contributed by atoms with E-state index in [4.69, 9.17) is 4.74 Å². The molecule has 1 amide bonds. The smallest absolute Gasteiger partial charge is 0.229 e. The van der Waals surface area contributed by atoms with Crippen molar-refractivity contribution >= 4 is 5.91 Å². The number of aryl methyl sites for hydroxylation is 1. The molecule has 5 heteroatoms. The van der Waals surface area contributed by atoms with Crippen molar-refractivity contribution in [2.75, 3.05) is 33.4 Å². The highest BCUT2D eigenvalue weighted by Crippen LogP contribution is 2.26. The van der Waals surface area contributed by atoms with Crippen LogP contribution in [0.25, 0.3) is 0 Å². The van der Waals surface area contributed by atoms with Gasteiger partial charge in [0.25, 0.3) is 0 Å². The van der Waals surface area contributed by atoms with Crippen molar-refractivity contribution in [2.45, 2.75) is 19.8 Å². The molecule has 1 atom stereocenters. The summed E-state index contributed by atoms with van der Waals surface area (Å²) in [5, 5.41) is 6.21. The molecule has 1 aliphatic heterocycles. The predicted molar refractivity (Wildman–Crippen MR) is 79.6 cm³/mol. The van der Waals surface area contributed by atoms with Crippen molar-refractivity contribution in [1.29, 1.82) is 0 Å². The van der Waals surface area contributed by atoms with Gasteiger partial charge in [0, 0.05) is 20.2 Å². The molecule has 1 aromatic rings. The van der Waals surface area contributed by atoms with Gasteiger partial charge in [0.2, 0.25) is 5.91 Å². The summed E-state index contributed by atoms with van der Waals surface area (Å²) in [5.74, 6) is -0.189. The Morgan fingerprint density at radius 2 is 2.33 bits per heavy atom. The summed E-state index contributed by atoms with van der Waals surface area (Å²) in [6, 6.07) is 4.75. The Hall–Kier alpha value is -1.46. The van der Waals surface area contributed by atoms with E-state index in [0.717, 1.165) is 24.1 Å². The van der Waals surface area contributed by atoms with Crippen LogP contribution in [0.2, 0.25) is 0 Å². The number of rotatable bonds is 6.